The second-order valence-electron chi connectivity index (χ2n) is 7.64. The van der Waals surface area contributed by atoms with E-state index in [2.05, 4.69) is 15.5 Å². The van der Waals surface area contributed by atoms with Crippen LogP contribution in [0.2, 0.25) is 0 Å². The molecule has 0 saturated heterocycles. The van der Waals surface area contributed by atoms with Gasteiger partial charge in [-0.3, -0.25) is 4.79 Å². The van der Waals surface area contributed by atoms with Gasteiger partial charge in [-0.2, -0.15) is 0 Å². The molecule has 0 aliphatic heterocycles. The van der Waals surface area contributed by atoms with E-state index in [1.807, 2.05) is 51.1 Å². The van der Waals surface area contributed by atoms with Gasteiger partial charge in [0.05, 0.1) is 5.56 Å². The molecule has 3 aromatic rings. The molecule has 1 N–H and O–H groups in total. The van der Waals surface area contributed by atoms with Crippen molar-refractivity contribution in [1.29, 1.82) is 0 Å². The Bertz CT molecular complexity index is 989. The van der Waals surface area contributed by atoms with Crippen LogP contribution in [0.3, 0.4) is 0 Å². The third kappa shape index (κ3) is 5.28. The van der Waals surface area contributed by atoms with Crippen molar-refractivity contribution in [2.75, 3.05) is 0 Å². The van der Waals surface area contributed by atoms with E-state index in [1.54, 1.807) is 31.2 Å². The first-order chi connectivity index (χ1) is 13.7. The van der Waals surface area contributed by atoms with Crippen LogP contribution in [0.15, 0.2) is 59.0 Å². The van der Waals surface area contributed by atoms with Gasteiger partial charge in [-0.25, -0.2) is 4.79 Å². The van der Waals surface area contributed by atoms with Gasteiger partial charge in [0.15, 0.2) is 6.10 Å². The fraction of sp³-hybridized carbons (Fsp3) is 0.273. The first-order valence-electron chi connectivity index (χ1n) is 9.25. The molecule has 29 heavy (non-hydrogen) atoms. The summed E-state index contributed by atoms with van der Waals surface area (Å²) < 4.78 is 11.0. The molecule has 150 valence electrons. The van der Waals surface area contributed by atoms with Gasteiger partial charge >= 0.3 is 5.97 Å². The van der Waals surface area contributed by atoms with E-state index in [0.29, 0.717) is 17.0 Å². The van der Waals surface area contributed by atoms with Gasteiger partial charge in [0.25, 0.3) is 11.8 Å². The summed E-state index contributed by atoms with van der Waals surface area (Å²) in [5.41, 5.74) is 1.24. The molecule has 0 spiro atoms. The van der Waals surface area contributed by atoms with Gasteiger partial charge in [0.1, 0.15) is 0 Å². The number of aromatic nitrogens is 2. The number of ether oxygens (including phenoxy) is 1. The zero-order valence-corrected chi connectivity index (χ0v) is 16.8. The molecule has 0 aliphatic rings. The molecule has 0 bridgehead atoms. The Balaban J connectivity index is 1.64. The molecule has 0 radical (unpaired) electrons. The van der Waals surface area contributed by atoms with Gasteiger partial charge in [0.2, 0.25) is 5.89 Å². The number of carbonyl (C=O) groups excluding carboxylic acids is 2. The topological polar surface area (TPSA) is 94.3 Å². The zero-order valence-electron chi connectivity index (χ0n) is 16.8. The van der Waals surface area contributed by atoms with E-state index in [9.17, 15) is 9.59 Å². The largest absolute Gasteiger partial charge is 0.449 e. The molecule has 7 nitrogen and oxygen atoms in total. The summed E-state index contributed by atoms with van der Waals surface area (Å²) in [6.45, 7) is 7.36. The lowest BCUT2D eigenvalue weighted by Crippen LogP contribution is -2.40. The minimum Gasteiger partial charge on any atom is -0.449 e. The lowest BCUT2D eigenvalue weighted by atomic mass is 10.1. The van der Waals surface area contributed by atoms with Crippen molar-refractivity contribution in [1.82, 2.24) is 15.5 Å². The smallest absolute Gasteiger partial charge is 0.338 e. The van der Waals surface area contributed by atoms with E-state index >= 15 is 0 Å². The Labute approximate surface area is 169 Å². The highest BCUT2D eigenvalue weighted by molar-refractivity contribution is 5.96. The van der Waals surface area contributed by atoms with Crippen LogP contribution in [-0.2, 0) is 4.74 Å². The van der Waals surface area contributed by atoms with Crippen LogP contribution in [0.4, 0.5) is 0 Å². The Kier molecular flexibility index (Phi) is 5.77. The van der Waals surface area contributed by atoms with E-state index in [4.69, 9.17) is 9.15 Å². The molecule has 1 unspecified atom stereocenters. The van der Waals surface area contributed by atoms with Crippen LogP contribution in [0.5, 0.6) is 0 Å². The number of nitrogens with zero attached hydrogens (tertiary/aromatic N) is 2. The number of benzene rings is 2. The number of hydrogen-bond acceptors (Lipinski definition) is 6. The highest BCUT2D eigenvalue weighted by atomic mass is 16.6. The Morgan fingerprint density at radius 1 is 0.966 bits per heavy atom. The van der Waals surface area contributed by atoms with Gasteiger partial charge in [-0.1, -0.05) is 18.2 Å². The van der Waals surface area contributed by atoms with Crippen molar-refractivity contribution in [3.8, 4) is 11.5 Å². The normalized spacial score (nSPS) is 12.3. The Morgan fingerprint density at radius 3 is 2.21 bits per heavy atom. The maximum Gasteiger partial charge on any atom is 0.338 e. The van der Waals surface area contributed by atoms with Crippen LogP contribution in [-0.4, -0.2) is 27.6 Å². The van der Waals surface area contributed by atoms with E-state index in [1.165, 1.54) is 0 Å². The molecular weight excluding hydrogens is 370 g/mol. The fourth-order valence-corrected chi connectivity index (χ4v) is 2.55. The maximum absolute atomic E-state index is 12.4. The van der Waals surface area contributed by atoms with Gasteiger partial charge in [-0.15, -0.1) is 10.2 Å². The first kappa shape index (κ1) is 20.3. The summed E-state index contributed by atoms with van der Waals surface area (Å²) in [5, 5.41) is 10.8. The number of amides is 1. The van der Waals surface area contributed by atoms with Crippen molar-refractivity contribution in [2.45, 2.75) is 39.3 Å². The molecular formula is C22H23N3O4. The lowest BCUT2D eigenvalue weighted by Gasteiger charge is -2.20. The third-order valence-corrected chi connectivity index (χ3v) is 3.96. The van der Waals surface area contributed by atoms with Gasteiger partial charge < -0.3 is 14.5 Å². The summed E-state index contributed by atoms with van der Waals surface area (Å²) in [7, 11) is 0. The summed E-state index contributed by atoms with van der Waals surface area (Å²) in [6.07, 6.45) is -0.712. The molecule has 1 atom stereocenters. The predicted octanol–water partition coefficient (Wildman–Crippen LogP) is 4.18. The second-order valence-corrected chi connectivity index (χ2v) is 7.64. The average molecular weight is 393 g/mol. The molecule has 7 heteroatoms. The zero-order chi connectivity index (χ0) is 21.0. The standard InChI is InChI=1S/C22H23N3O4/c1-14(19-24-25-20(29-19)16-8-6-5-7-9-16)28-21(27)17-12-10-15(11-13-17)18(26)23-22(2,3)4/h5-14H,1-4H3,(H,23,26). The predicted molar refractivity (Wildman–Crippen MR) is 107 cm³/mol. The quantitative estimate of drug-likeness (QED) is 0.654. The van der Waals surface area contributed by atoms with Crippen LogP contribution in [0.1, 0.15) is 60.4 Å². The molecule has 0 aliphatic carbocycles. The monoisotopic (exact) mass is 393 g/mol. The van der Waals surface area contributed by atoms with E-state index in [0.717, 1.165) is 5.56 Å². The summed E-state index contributed by atoms with van der Waals surface area (Å²) in [5.74, 6) is -0.180. The molecule has 1 heterocycles. The van der Waals surface area contributed by atoms with Crippen molar-refractivity contribution in [3.05, 3.63) is 71.6 Å². The molecule has 1 aromatic heterocycles. The fourth-order valence-electron chi connectivity index (χ4n) is 2.55. The van der Waals surface area contributed by atoms with Crippen LogP contribution >= 0.6 is 0 Å². The van der Waals surface area contributed by atoms with Crippen molar-refractivity contribution in [3.63, 3.8) is 0 Å². The number of carbonyl (C=O) groups is 2. The average Bonchev–Trinajstić information content (AvgIpc) is 3.18. The number of hydrogen-bond donors (Lipinski definition) is 1. The van der Waals surface area contributed by atoms with E-state index < -0.39 is 12.1 Å². The van der Waals surface area contributed by atoms with Crippen molar-refractivity contribution in [2.24, 2.45) is 0 Å². The number of nitrogens with one attached hydrogen (secondary N) is 1. The van der Waals surface area contributed by atoms with Crippen molar-refractivity contribution < 1.29 is 18.7 Å². The molecule has 1 amide bonds. The lowest BCUT2D eigenvalue weighted by molar-refractivity contribution is 0.0279. The SMILES string of the molecule is CC(OC(=O)c1ccc(C(=O)NC(C)(C)C)cc1)c1nnc(-c2ccccc2)o1. The second kappa shape index (κ2) is 8.26. The Hall–Kier alpha value is -3.48. The minimum atomic E-state index is -0.712. The van der Waals surface area contributed by atoms with Crippen LogP contribution in [0, 0.1) is 0 Å². The minimum absolute atomic E-state index is 0.204. The van der Waals surface area contributed by atoms with Crippen molar-refractivity contribution >= 4 is 11.9 Å². The molecule has 3 rings (SSSR count). The van der Waals surface area contributed by atoms with Crippen LogP contribution in [0.25, 0.3) is 11.5 Å². The number of rotatable bonds is 5. The number of esters is 1. The van der Waals surface area contributed by atoms with Gasteiger partial charge in [0, 0.05) is 16.7 Å². The highest BCUT2D eigenvalue weighted by Crippen LogP contribution is 2.23. The van der Waals surface area contributed by atoms with Crippen LogP contribution < -0.4 is 5.32 Å². The summed E-state index contributed by atoms with van der Waals surface area (Å²) in [6, 6.07) is 15.6. The van der Waals surface area contributed by atoms with E-state index in [-0.39, 0.29) is 17.3 Å². The maximum atomic E-state index is 12.4. The summed E-state index contributed by atoms with van der Waals surface area (Å²) in [4.78, 5) is 24.6. The molecule has 2 aromatic carbocycles. The third-order valence-electron chi connectivity index (χ3n) is 3.96. The first-order valence-corrected chi connectivity index (χ1v) is 9.25. The van der Waals surface area contributed by atoms with Gasteiger partial charge in [-0.05, 0) is 64.1 Å². The summed E-state index contributed by atoms with van der Waals surface area (Å²) >= 11 is 0. The molecule has 0 saturated carbocycles. The molecule has 0 fully saturated rings. The highest BCUT2D eigenvalue weighted by Gasteiger charge is 2.21. The Morgan fingerprint density at radius 2 is 1.59 bits per heavy atom.